The summed E-state index contributed by atoms with van der Waals surface area (Å²) in [4.78, 5) is 23.6. The molecule has 116 valence electrons. The quantitative estimate of drug-likeness (QED) is 0.560. The second-order valence-corrected chi connectivity index (χ2v) is 7.13. The molecule has 0 radical (unpaired) electrons. The molecule has 0 amide bonds. The Morgan fingerprint density at radius 3 is 2.91 bits per heavy atom. The average Bonchev–Trinajstić information content (AvgIpc) is 3.03. The SMILES string of the molecule is Cc1sc2ncn(Cc3cn4cc(Cl)ccc4n3)c(=O)c2c1C. The van der Waals surface area contributed by atoms with E-state index in [0.29, 0.717) is 17.0 Å². The molecule has 0 spiro atoms. The van der Waals surface area contributed by atoms with Crippen LogP contribution >= 0.6 is 22.9 Å². The van der Waals surface area contributed by atoms with Crippen LogP contribution in [0, 0.1) is 13.8 Å². The molecule has 0 atom stereocenters. The topological polar surface area (TPSA) is 52.2 Å². The number of halogens is 1. The lowest BCUT2D eigenvalue weighted by molar-refractivity contribution is 0.734. The van der Waals surface area contributed by atoms with Gasteiger partial charge < -0.3 is 4.40 Å². The molecule has 0 aromatic carbocycles. The molecule has 0 N–H and O–H groups in total. The minimum atomic E-state index is -0.0214. The van der Waals surface area contributed by atoms with Crippen molar-refractivity contribution in [3.63, 3.8) is 0 Å². The largest absolute Gasteiger partial charge is 0.305 e. The molecule has 0 bridgehead atoms. The van der Waals surface area contributed by atoms with Crippen molar-refractivity contribution in [2.45, 2.75) is 20.4 Å². The molecule has 4 aromatic rings. The molecule has 23 heavy (non-hydrogen) atoms. The monoisotopic (exact) mass is 344 g/mol. The molecular weight excluding hydrogens is 332 g/mol. The van der Waals surface area contributed by atoms with Crippen LogP contribution in [0.15, 0.2) is 35.6 Å². The third kappa shape index (κ3) is 2.34. The highest BCUT2D eigenvalue weighted by molar-refractivity contribution is 7.18. The summed E-state index contributed by atoms with van der Waals surface area (Å²) < 4.78 is 3.46. The molecule has 4 heterocycles. The first-order valence-corrected chi connectivity index (χ1v) is 8.30. The zero-order valence-electron chi connectivity index (χ0n) is 12.6. The van der Waals surface area contributed by atoms with Crippen molar-refractivity contribution in [1.82, 2.24) is 18.9 Å². The lowest BCUT2D eigenvalue weighted by Gasteiger charge is -2.02. The van der Waals surface area contributed by atoms with E-state index in [4.69, 9.17) is 11.6 Å². The van der Waals surface area contributed by atoms with Gasteiger partial charge in [0.2, 0.25) is 0 Å². The Bertz CT molecular complexity index is 1110. The van der Waals surface area contributed by atoms with Crippen LogP contribution in [0.3, 0.4) is 0 Å². The number of hydrogen-bond acceptors (Lipinski definition) is 4. The molecule has 4 rings (SSSR count). The molecule has 0 saturated heterocycles. The third-order valence-corrected chi connectivity index (χ3v) is 5.29. The Balaban J connectivity index is 1.81. The van der Waals surface area contributed by atoms with Crippen LogP contribution < -0.4 is 5.56 Å². The average molecular weight is 345 g/mol. The van der Waals surface area contributed by atoms with Gasteiger partial charge in [-0.05, 0) is 31.5 Å². The van der Waals surface area contributed by atoms with Gasteiger partial charge in [-0.3, -0.25) is 9.36 Å². The number of pyridine rings is 1. The van der Waals surface area contributed by atoms with Crippen LogP contribution in [-0.2, 0) is 6.54 Å². The summed E-state index contributed by atoms with van der Waals surface area (Å²) in [7, 11) is 0. The summed E-state index contributed by atoms with van der Waals surface area (Å²) in [6.07, 6.45) is 5.27. The molecule has 0 unspecified atom stereocenters. The second-order valence-electron chi connectivity index (χ2n) is 5.49. The number of imidazole rings is 1. The summed E-state index contributed by atoms with van der Waals surface area (Å²) >= 11 is 7.54. The lowest BCUT2D eigenvalue weighted by atomic mass is 10.2. The Labute approximate surface area is 140 Å². The molecule has 4 aromatic heterocycles. The molecular formula is C16H13ClN4OS. The highest BCUT2D eigenvalue weighted by Crippen LogP contribution is 2.25. The zero-order valence-corrected chi connectivity index (χ0v) is 14.1. The van der Waals surface area contributed by atoms with Crippen LogP contribution in [0.1, 0.15) is 16.1 Å². The Morgan fingerprint density at radius 2 is 2.09 bits per heavy atom. The fourth-order valence-electron chi connectivity index (χ4n) is 2.65. The van der Waals surface area contributed by atoms with Gasteiger partial charge in [0.25, 0.3) is 5.56 Å². The number of aromatic nitrogens is 4. The maximum Gasteiger partial charge on any atom is 0.262 e. The van der Waals surface area contributed by atoms with Crippen molar-refractivity contribution in [2.75, 3.05) is 0 Å². The van der Waals surface area contributed by atoms with E-state index in [2.05, 4.69) is 9.97 Å². The number of rotatable bonds is 2. The fraction of sp³-hybridized carbons (Fsp3) is 0.188. The minimum absolute atomic E-state index is 0.0214. The van der Waals surface area contributed by atoms with E-state index in [1.807, 2.05) is 30.5 Å². The van der Waals surface area contributed by atoms with Gasteiger partial charge in [-0.15, -0.1) is 11.3 Å². The Morgan fingerprint density at radius 1 is 1.26 bits per heavy atom. The van der Waals surface area contributed by atoms with E-state index in [-0.39, 0.29) is 5.56 Å². The van der Waals surface area contributed by atoms with E-state index in [9.17, 15) is 4.79 Å². The summed E-state index contributed by atoms with van der Waals surface area (Å²) in [6.45, 7) is 4.36. The highest BCUT2D eigenvalue weighted by atomic mass is 35.5. The zero-order chi connectivity index (χ0) is 16.1. The first-order valence-electron chi connectivity index (χ1n) is 7.11. The maximum atomic E-state index is 12.7. The second kappa shape index (κ2) is 5.18. The Hall–Kier alpha value is -2.18. The first kappa shape index (κ1) is 14.4. The van der Waals surface area contributed by atoms with Gasteiger partial charge in [-0.1, -0.05) is 11.6 Å². The number of fused-ring (bicyclic) bond motifs is 2. The summed E-state index contributed by atoms with van der Waals surface area (Å²) in [5, 5.41) is 1.35. The third-order valence-electron chi connectivity index (χ3n) is 3.95. The van der Waals surface area contributed by atoms with Crippen molar-refractivity contribution in [2.24, 2.45) is 0 Å². The van der Waals surface area contributed by atoms with E-state index < -0.39 is 0 Å². The van der Waals surface area contributed by atoms with Crippen molar-refractivity contribution >= 4 is 38.8 Å². The van der Waals surface area contributed by atoms with Gasteiger partial charge in [0, 0.05) is 17.3 Å². The van der Waals surface area contributed by atoms with Crippen LogP contribution in [0.2, 0.25) is 5.02 Å². The normalized spacial score (nSPS) is 11.6. The number of nitrogens with zero attached hydrogens (tertiary/aromatic N) is 4. The fourth-order valence-corrected chi connectivity index (χ4v) is 3.81. The molecule has 0 saturated carbocycles. The van der Waals surface area contributed by atoms with Crippen LogP contribution in [0.25, 0.3) is 15.9 Å². The number of aryl methyl sites for hydroxylation is 2. The van der Waals surface area contributed by atoms with E-state index in [1.54, 1.807) is 34.5 Å². The molecule has 0 fully saturated rings. The van der Waals surface area contributed by atoms with Crippen LogP contribution in [-0.4, -0.2) is 18.9 Å². The van der Waals surface area contributed by atoms with Gasteiger partial charge in [-0.2, -0.15) is 0 Å². The Kier molecular flexibility index (Phi) is 3.25. The predicted octanol–water partition coefficient (Wildman–Crippen LogP) is 3.42. The molecule has 0 aliphatic carbocycles. The predicted molar refractivity (Wildman–Crippen MR) is 92.7 cm³/mol. The van der Waals surface area contributed by atoms with Crippen molar-refractivity contribution in [3.8, 4) is 0 Å². The number of thiophene rings is 1. The molecule has 0 aliphatic rings. The van der Waals surface area contributed by atoms with Crippen molar-refractivity contribution < 1.29 is 0 Å². The minimum Gasteiger partial charge on any atom is -0.305 e. The van der Waals surface area contributed by atoms with Crippen LogP contribution in [0.5, 0.6) is 0 Å². The van der Waals surface area contributed by atoms with Crippen LogP contribution in [0.4, 0.5) is 0 Å². The van der Waals surface area contributed by atoms with Gasteiger partial charge in [0.1, 0.15) is 10.5 Å². The van der Waals surface area contributed by atoms with E-state index >= 15 is 0 Å². The summed E-state index contributed by atoms with van der Waals surface area (Å²) in [6, 6.07) is 3.65. The van der Waals surface area contributed by atoms with Crippen molar-refractivity contribution in [1.29, 1.82) is 0 Å². The molecule has 7 heteroatoms. The number of hydrogen-bond donors (Lipinski definition) is 0. The molecule has 5 nitrogen and oxygen atoms in total. The molecule has 0 aliphatic heterocycles. The summed E-state index contributed by atoms with van der Waals surface area (Å²) in [5.41, 5.74) is 2.58. The smallest absolute Gasteiger partial charge is 0.262 e. The lowest BCUT2D eigenvalue weighted by Crippen LogP contribution is -2.21. The van der Waals surface area contributed by atoms with Gasteiger partial charge in [-0.25, -0.2) is 9.97 Å². The van der Waals surface area contributed by atoms with E-state index in [1.165, 1.54) is 0 Å². The van der Waals surface area contributed by atoms with Gasteiger partial charge >= 0.3 is 0 Å². The van der Waals surface area contributed by atoms with Gasteiger partial charge in [0.05, 0.1) is 29.0 Å². The highest BCUT2D eigenvalue weighted by Gasteiger charge is 2.13. The standard InChI is InChI=1S/C16H13ClN4OS/c1-9-10(2)23-15-14(9)16(22)21(8-18-15)7-12-6-20-5-11(17)3-4-13(20)19-12/h3-6,8H,7H2,1-2H3. The van der Waals surface area contributed by atoms with Crippen molar-refractivity contribution in [3.05, 3.63) is 62.4 Å². The van der Waals surface area contributed by atoms with E-state index in [0.717, 1.165) is 26.6 Å². The maximum absolute atomic E-state index is 12.7. The van der Waals surface area contributed by atoms with Gasteiger partial charge in [0.15, 0.2) is 0 Å². The summed E-state index contributed by atoms with van der Waals surface area (Å²) in [5.74, 6) is 0. The first-order chi connectivity index (χ1) is 11.0.